The lowest BCUT2D eigenvalue weighted by atomic mass is 10.2. The van der Waals surface area contributed by atoms with Gasteiger partial charge in [0, 0.05) is 12.5 Å². The summed E-state index contributed by atoms with van der Waals surface area (Å²) in [5.74, 6) is 0.140. The number of esters is 1. The van der Waals surface area contributed by atoms with Crippen molar-refractivity contribution >= 4 is 12.0 Å². The molecule has 0 fully saturated rings. The Morgan fingerprint density at radius 3 is 2.59 bits per heavy atom. The molecule has 27 heavy (non-hydrogen) atoms. The predicted molar refractivity (Wildman–Crippen MR) is 108 cm³/mol. The lowest BCUT2D eigenvalue weighted by molar-refractivity contribution is -0.137. The molecule has 0 saturated heterocycles. The zero-order valence-corrected chi connectivity index (χ0v) is 15.9. The van der Waals surface area contributed by atoms with E-state index in [1.165, 1.54) is 18.9 Å². The van der Waals surface area contributed by atoms with Crippen molar-refractivity contribution in [1.82, 2.24) is 0 Å². The van der Waals surface area contributed by atoms with E-state index in [9.17, 15) is 9.90 Å². The Balaban J connectivity index is 1.75. The van der Waals surface area contributed by atoms with Crippen LogP contribution in [0.2, 0.25) is 0 Å². The standard InChI is InChI=1S/C23H28O4/c1-2-3-4-8-16-26-22-13-11-20(18-21(22)24)12-14-23(25)27-17-15-19-9-6-5-7-10-19/h5-7,9-14,18,24H,2-4,8,15-17H2,1H3/b14-12-. The van der Waals surface area contributed by atoms with Gasteiger partial charge in [-0.25, -0.2) is 4.79 Å². The Hall–Kier alpha value is -2.75. The Morgan fingerprint density at radius 2 is 1.85 bits per heavy atom. The van der Waals surface area contributed by atoms with Gasteiger partial charge in [-0.3, -0.25) is 0 Å². The number of hydrogen-bond donors (Lipinski definition) is 1. The van der Waals surface area contributed by atoms with Gasteiger partial charge in [-0.15, -0.1) is 0 Å². The summed E-state index contributed by atoms with van der Waals surface area (Å²) in [6, 6.07) is 15.0. The minimum absolute atomic E-state index is 0.0742. The number of unbranched alkanes of at least 4 members (excludes halogenated alkanes) is 3. The molecule has 0 bridgehead atoms. The Kier molecular flexibility index (Phi) is 8.98. The molecule has 0 heterocycles. The van der Waals surface area contributed by atoms with Gasteiger partial charge in [-0.1, -0.05) is 62.6 Å². The van der Waals surface area contributed by atoms with Crippen LogP contribution in [-0.2, 0) is 16.0 Å². The molecule has 1 N–H and O–H groups in total. The molecule has 0 aliphatic heterocycles. The van der Waals surface area contributed by atoms with Crippen molar-refractivity contribution in [2.24, 2.45) is 0 Å². The number of phenolic OH excluding ortho intramolecular Hbond substituents is 1. The van der Waals surface area contributed by atoms with Crippen molar-refractivity contribution < 1.29 is 19.4 Å². The summed E-state index contributed by atoms with van der Waals surface area (Å²) in [4.78, 5) is 11.8. The zero-order chi connectivity index (χ0) is 19.3. The molecule has 0 atom stereocenters. The van der Waals surface area contributed by atoms with Crippen LogP contribution in [0.1, 0.15) is 43.7 Å². The molecule has 0 spiro atoms. The second kappa shape index (κ2) is 11.8. The fourth-order valence-corrected chi connectivity index (χ4v) is 2.60. The quantitative estimate of drug-likeness (QED) is 0.338. The Morgan fingerprint density at radius 1 is 1.04 bits per heavy atom. The van der Waals surface area contributed by atoms with Crippen LogP contribution in [0.15, 0.2) is 54.6 Å². The highest BCUT2D eigenvalue weighted by Crippen LogP contribution is 2.27. The van der Waals surface area contributed by atoms with E-state index in [4.69, 9.17) is 9.47 Å². The van der Waals surface area contributed by atoms with Crippen molar-refractivity contribution in [3.63, 3.8) is 0 Å². The molecular weight excluding hydrogens is 340 g/mol. The van der Waals surface area contributed by atoms with Gasteiger partial charge in [0.25, 0.3) is 0 Å². The lowest BCUT2D eigenvalue weighted by Crippen LogP contribution is -2.04. The van der Waals surface area contributed by atoms with Gasteiger partial charge in [0.15, 0.2) is 11.5 Å². The summed E-state index contributed by atoms with van der Waals surface area (Å²) in [6.45, 7) is 3.09. The summed E-state index contributed by atoms with van der Waals surface area (Å²) in [5.41, 5.74) is 1.84. The summed E-state index contributed by atoms with van der Waals surface area (Å²) in [6.07, 6.45) is 8.15. The van der Waals surface area contributed by atoms with Crippen molar-refractivity contribution in [1.29, 1.82) is 0 Å². The van der Waals surface area contributed by atoms with Gasteiger partial charge >= 0.3 is 5.97 Å². The zero-order valence-electron chi connectivity index (χ0n) is 15.9. The van der Waals surface area contributed by atoms with Gasteiger partial charge in [-0.05, 0) is 35.8 Å². The molecule has 0 aromatic heterocycles. The molecule has 4 nitrogen and oxygen atoms in total. The van der Waals surface area contributed by atoms with Crippen LogP contribution in [-0.4, -0.2) is 24.3 Å². The van der Waals surface area contributed by atoms with E-state index < -0.39 is 5.97 Å². The predicted octanol–water partition coefficient (Wildman–Crippen LogP) is 5.15. The maximum Gasteiger partial charge on any atom is 0.330 e. The smallest absolute Gasteiger partial charge is 0.330 e. The fraction of sp³-hybridized carbons (Fsp3) is 0.348. The minimum Gasteiger partial charge on any atom is -0.504 e. The first-order chi connectivity index (χ1) is 13.2. The number of ether oxygens (including phenoxy) is 2. The fourth-order valence-electron chi connectivity index (χ4n) is 2.60. The van der Waals surface area contributed by atoms with E-state index in [0.717, 1.165) is 18.4 Å². The summed E-state index contributed by atoms with van der Waals surface area (Å²) in [5, 5.41) is 10.1. The van der Waals surface area contributed by atoms with E-state index in [1.54, 1.807) is 24.3 Å². The van der Waals surface area contributed by atoms with Crippen LogP contribution in [0.5, 0.6) is 11.5 Å². The van der Waals surface area contributed by atoms with E-state index in [1.807, 2.05) is 30.3 Å². The topological polar surface area (TPSA) is 55.8 Å². The van der Waals surface area contributed by atoms with Crippen LogP contribution in [0, 0.1) is 0 Å². The molecule has 0 aliphatic carbocycles. The number of benzene rings is 2. The number of carbonyl (C=O) groups excluding carboxylic acids is 1. The number of phenols is 1. The molecule has 0 aliphatic rings. The monoisotopic (exact) mass is 368 g/mol. The molecule has 4 heteroatoms. The largest absolute Gasteiger partial charge is 0.504 e. The highest BCUT2D eigenvalue weighted by molar-refractivity contribution is 5.87. The lowest BCUT2D eigenvalue weighted by Gasteiger charge is -2.08. The van der Waals surface area contributed by atoms with Crippen LogP contribution in [0.4, 0.5) is 0 Å². The molecule has 0 unspecified atom stereocenters. The third-order valence-corrected chi connectivity index (χ3v) is 4.13. The van der Waals surface area contributed by atoms with Gasteiger partial charge in [-0.2, -0.15) is 0 Å². The first-order valence-corrected chi connectivity index (χ1v) is 9.53. The van der Waals surface area contributed by atoms with E-state index in [0.29, 0.717) is 30.9 Å². The number of hydrogen-bond acceptors (Lipinski definition) is 4. The van der Waals surface area contributed by atoms with Crippen LogP contribution in [0.25, 0.3) is 6.08 Å². The maximum absolute atomic E-state index is 11.8. The van der Waals surface area contributed by atoms with Gasteiger partial charge < -0.3 is 14.6 Å². The summed E-state index contributed by atoms with van der Waals surface area (Å²) < 4.78 is 10.8. The number of carbonyl (C=O) groups is 1. The molecule has 2 aromatic carbocycles. The number of rotatable bonds is 11. The summed E-state index contributed by atoms with van der Waals surface area (Å²) in [7, 11) is 0. The van der Waals surface area contributed by atoms with Gasteiger partial charge in [0.1, 0.15) is 0 Å². The van der Waals surface area contributed by atoms with Gasteiger partial charge in [0.05, 0.1) is 13.2 Å². The minimum atomic E-state index is -0.401. The van der Waals surface area contributed by atoms with Crippen LogP contribution < -0.4 is 4.74 Å². The molecule has 2 aromatic rings. The van der Waals surface area contributed by atoms with Gasteiger partial charge in [0.2, 0.25) is 0 Å². The average Bonchev–Trinajstić information content (AvgIpc) is 2.68. The summed E-state index contributed by atoms with van der Waals surface area (Å²) >= 11 is 0. The SMILES string of the molecule is CCCCCCOc1ccc(/C=C\C(=O)OCCc2ccccc2)cc1O. The highest BCUT2D eigenvalue weighted by atomic mass is 16.5. The van der Waals surface area contributed by atoms with E-state index >= 15 is 0 Å². The van der Waals surface area contributed by atoms with Crippen molar-refractivity contribution in [3.8, 4) is 11.5 Å². The molecule has 144 valence electrons. The normalized spacial score (nSPS) is 10.9. The second-order valence-electron chi connectivity index (χ2n) is 6.37. The molecular formula is C23H28O4. The Labute approximate surface area is 161 Å². The number of aromatic hydroxyl groups is 1. The maximum atomic E-state index is 11.8. The second-order valence-corrected chi connectivity index (χ2v) is 6.37. The van der Waals surface area contributed by atoms with E-state index in [-0.39, 0.29) is 5.75 Å². The van der Waals surface area contributed by atoms with Crippen molar-refractivity contribution in [3.05, 3.63) is 65.7 Å². The molecule has 2 rings (SSSR count). The van der Waals surface area contributed by atoms with Crippen LogP contribution in [0.3, 0.4) is 0 Å². The first-order valence-electron chi connectivity index (χ1n) is 9.53. The Bertz CT molecular complexity index is 722. The molecule has 0 amide bonds. The average molecular weight is 368 g/mol. The third-order valence-electron chi connectivity index (χ3n) is 4.13. The van der Waals surface area contributed by atoms with Crippen molar-refractivity contribution in [2.45, 2.75) is 39.0 Å². The highest BCUT2D eigenvalue weighted by Gasteiger charge is 2.04. The molecule has 0 saturated carbocycles. The third kappa shape index (κ3) is 7.99. The van der Waals surface area contributed by atoms with E-state index in [2.05, 4.69) is 6.92 Å². The van der Waals surface area contributed by atoms with Crippen LogP contribution >= 0.6 is 0 Å². The molecule has 0 radical (unpaired) electrons. The first kappa shape index (κ1) is 20.6. The van der Waals surface area contributed by atoms with Crippen molar-refractivity contribution in [2.75, 3.05) is 13.2 Å².